The summed E-state index contributed by atoms with van der Waals surface area (Å²) in [4.78, 5) is 0. The minimum atomic E-state index is -2.51. The van der Waals surface area contributed by atoms with Crippen molar-refractivity contribution in [3.05, 3.63) is 108 Å². The van der Waals surface area contributed by atoms with Crippen LogP contribution in [-0.2, 0) is 38.5 Å². The summed E-state index contributed by atoms with van der Waals surface area (Å²) in [5, 5.41) is 0. The van der Waals surface area contributed by atoms with Gasteiger partial charge in [0.05, 0.1) is 0 Å². The molecule has 1 atom stereocenters. The van der Waals surface area contributed by atoms with Crippen LogP contribution in [-0.4, -0.2) is 3.71 Å². The molecule has 3 aromatic rings. The Hall–Kier alpha value is -1.53. The smallest absolute Gasteiger partial charge is 1.00 e. The zero-order chi connectivity index (χ0) is 27.6. The van der Waals surface area contributed by atoms with Gasteiger partial charge in [0.1, 0.15) is 0 Å². The second-order valence-corrected chi connectivity index (χ2v) is 19.0. The Morgan fingerprint density at radius 2 is 1.40 bits per heavy atom. The molecule has 40 heavy (non-hydrogen) atoms. The van der Waals surface area contributed by atoms with Gasteiger partial charge in [-0.2, -0.15) is 0 Å². The first kappa shape index (κ1) is 33.0. The Kier molecular flexibility index (Phi) is 9.89. The minimum Gasteiger partial charge on any atom is -1.00 e. The molecule has 2 aliphatic rings. The van der Waals surface area contributed by atoms with Gasteiger partial charge in [-0.15, -0.1) is 0 Å². The molecule has 3 heteroatoms. The summed E-state index contributed by atoms with van der Waals surface area (Å²) in [6.07, 6.45) is 3.57. The van der Waals surface area contributed by atoms with Crippen molar-refractivity contribution in [3.8, 4) is 11.1 Å². The molecule has 0 heterocycles. The molecule has 0 bridgehead atoms. The van der Waals surface area contributed by atoms with Crippen LogP contribution >= 0.6 is 0 Å². The molecule has 0 saturated heterocycles. The fraction of sp³-hybridized carbons (Fsp3) is 0.378. The number of hydrogen-bond acceptors (Lipinski definition) is 0. The molecule has 0 N–H and O–H groups in total. The van der Waals surface area contributed by atoms with Gasteiger partial charge in [-0.1, -0.05) is 0 Å². The number of fused-ring (bicyclic) bond motifs is 3. The van der Waals surface area contributed by atoms with Crippen molar-refractivity contribution < 1.29 is 46.1 Å². The number of aryl methyl sites for hydroxylation is 1. The Balaban J connectivity index is 0.00000220. The molecule has 0 saturated carbocycles. The van der Waals surface area contributed by atoms with Crippen molar-refractivity contribution in [3.63, 3.8) is 0 Å². The third-order valence-electron chi connectivity index (χ3n) is 8.65. The first-order valence-corrected chi connectivity index (χ1v) is 18.1. The van der Waals surface area contributed by atoms with Gasteiger partial charge in [-0.3, -0.25) is 0 Å². The van der Waals surface area contributed by atoms with E-state index in [-0.39, 0.29) is 35.6 Å². The molecule has 0 spiro atoms. The molecule has 0 fully saturated rings. The predicted molar refractivity (Wildman–Crippen MR) is 164 cm³/mol. The summed E-state index contributed by atoms with van der Waals surface area (Å²) in [5.41, 5.74) is 15.1. The number of benzene rings is 3. The van der Waals surface area contributed by atoms with E-state index >= 15 is 0 Å². The standard InChI is InChI=1S/C21H25.C8H11.C8H8.2ClH.Zr/c1-20(2,3)16-7-9-18-14(12-16)11-15-13-17(21(4,5)6)8-10-19(15)18;1-6-4-7(2)8(3)5-6;1-7-3-5-8(2)6-4-7;;;/h7-10,12H,11H2,1-6H3;4,6H,1-3H3;1,3-6H,2H3;2*1H;/q;;;;;+2/p-2. The first-order chi connectivity index (χ1) is 17.8. The van der Waals surface area contributed by atoms with Crippen LogP contribution in [0.1, 0.15) is 95.7 Å². The van der Waals surface area contributed by atoms with Crippen LogP contribution in [0.25, 0.3) is 11.1 Å². The minimum absolute atomic E-state index is 0. The molecular formula is C37H44Cl2Zr. The van der Waals surface area contributed by atoms with E-state index in [4.69, 9.17) is 0 Å². The van der Waals surface area contributed by atoms with E-state index in [1.165, 1.54) is 39.0 Å². The Morgan fingerprint density at radius 3 is 1.95 bits per heavy atom. The molecule has 2 aliphatic carbocycles. The monoisotopic (exact) mass is 648 g/mol. The third-order valence-corrected chi connectivity index (χ3v) is 16.4. The van der Waals surface area contributed by atoms with E-state index in [1.807, 2.05) is 0 Å². The van der Waals surface area contributed by atoms with E-state index in [1.54, 1.807) is 23.3 Å². The van der Waals surface area contributed by atoms with Gasteiger partial charge in [0.2, 0.25) is 0 Å². The summed E-state index contributed by atoms with van der Waals surface area (Å²) in [7, 11) is 0. The van der Waals surface area contributed by atoms with Crippen LogP contribution in [0.2, 0.25) is 0 Å². The van der Waals surface area contributed by atoms with Gasteiger partial charge in [0, 0.05) is 0 Å². The Morgan fingerprint density at radius 1 is 0.775 bits per heavy atom. The Bertz CT molecular complexity index is 1520. The summed E-state index contributed by atoms with van der Waals surface area (Å²) < 4.78 is 6.24. The van der Waals surface area contributed by atoms with Crippen LogP contribution < -0.4 is 28.1 Å². The van der Waals surface area contributed by atoms with E-state index in [2.05, 4.69) is 134 Å². The average molecular weight is 651 g/mol. The summed E-state index contributed by atoms with van der Waals surface area (Å²) in [5.74, 6) is 0.519. The first-order valence-electron chi connectivity index (χ1n) is 14.2. The van der Waals surface area contributed by atoms with Crippen LogP contribution in [0.3, 0.4) is 0 Å². The van der Waals surface area contributed by atoms with Crippen molar-refractivity contribution in [1.29, 1.82) is 0 Å². The third kappa shape index (κ3) is 6.14. The maximum Gasteiger partial charge on any atom is -1.00 e. The van der Waals surface area contributed by atoms with Gasteiger partial charge >= 0.3 is 240 Å². The van der Waals surface area contributed by atoms with E-state index in [0.29, 0.717) is 5.92 Å². The van der Waals surface area contributed by atoms with Crippen LogP contribution in [0.15, 0.2) is 75.1 Å². The predicted octanol–water partition coefficient (Wildman–Crippen LogP) is 3.13. The van der Waals surface area contributed by atoms with Gasteiger partial charge in [0.25, 0.3) is 0 Å². The molecule has 210 valence electrons. The zero-order valence-electron chi connectivity index (χ0n) is 25.9. The van der Waals surface area contributed by atoms with Gasteiger partial charge in [-0.25, -0.2) is 0 Å². The summed E-state index contributed by atoms with van der Waals surface area (Å²) in [6, 6.07) is 21.4. The molecule has 5 rings (SSSR count). The second kappa shape index (κ2) is 12.0. The molecule has 0 nitrogen and oxygen atoms in total. The molecule has 1 unspecified atom stereocenters. The quantitative estimate of drug-likeness (QED) is 0.320. The maximum absolute atomic E-state index is 2.75. The molecule has 0 amide bonds. The van der Waals surface area contributed by atoms with Crippen molar-refractivity contribution in [2.45, 2.75) is 86.5 Å². The number of rotatable bonds is 3. The van der Waals surface area contributed by atoms with Crippen molar-refractivity contribution in [2.24, 2.45) is 5.92 Å². The van der Waals surface area contributed by atoms with Gasteiger partial charge < -0.3 is 24.8 Å². The largest absolute Gasteiger partial charge is 1.00 e. The van der Waals surface area contributed by atoms with Gasteiger partial charge in [0.15, 0.2) is 0 Å². The molecular weight excluding hydrogens is 607 g/mol. The van der Waals surface area contributed by atoms with Crippen LogP contribution in [0.4, 0.5) is 0 Å². The van der Waals surface area contributed by atoms with Crippen molar-refractivity contribution >= 4 is 6.98 Å². The molecule has 3 aromatic carbocycles. The van der Waals surface area contributed by atoms with Crippen molar-refractivity contribution in [1.82, 2.24) is 0 Å². The number of halogens is 2. The topological polar surface area (TPSA) is 0 Å². The molecule has 0 aliphatic heterocycles. The Labute approximate surface area is 263 Å². The fourth-order valence-corrected chi connectivity index (χ4v) is 15.1. The summed E-state index contributed by atoms with van der Waals surface area (Å²) >= 11 is -2.51. The molecule has 0 radical (unpaired) electrons. The van der Waals surface area contributed by atoms with Crippen molar-refractivity contribution in [2.75, 3.05) is 0 Å². The maximum atomic E-state index is 2.75. The van der Waals surface area contributed by atoms with E-state index in [0.717, 1.165) is 6.42 Å². The van der Waals surface area contributed by atoms with E-state index < -0.39 is 21.3 Å². The number of allylic oxidation sites excluding steroid dienone is 4. The SMILES string of the molecule is CC1=CC(C)[C](/[Zr+2](=[CH]/c2ccc(C)cc2)[c]2c(C(C)(C)C)ccc3c2Cc2cc(C(C)(C)C)ccc2-3)=C1C.[Cl-].[Cl-]. The normalized spacial score (nSPS) is 16.2. The fourth-order valence-electron chi connectivity index (χ4n) is 6.37. The average Bonchev–Trinajstić information content (AvgIpc) is 3.32. The second-order valence-electron chi connectivity index (χ2n) is 13.7. The van der Waals surface area contributed by atoms with Gasteiger partial charge in [-0.05, 0) is 0 Å². The van der Waals surface area contributed by atoms with E-state index in [9.17, 15) is 0 Å². The van der Waals surface area contributed by atoms with Crippen LogP contribution in [0.5, 0.6) is 0 Å². The van der Waals surface area contributed by atoms with Crippen LogP contribution in [0, 0.1) is 12.8 Å². The summed E-state index contributed by atoms with van der Waals surface area (Å²) in [6.45, 7) is 23.5. The zero-order valence-corrected chi connectivity index (χ0v) is 29.9. The number of hydrogen-bond donors (Lipinski definition) is 0. The molecule has 0 aromatic heterocycles.